The molecular weight excluding hydrogens is 656 g/mol. The molecule has 1 rings (SSSR count). The maximum absolute atomic E-state index is 12.9. The van der Waals surface area contributed by atoms with Crippen LogP contribution in [0.1, 0.15) is 25.7 Å². The molecule has 0 radical (unpaired) electrons. The Balaban J connectivity index is 2.22. The molecule has 1 heterocycles. The Morgan fingerprint density at radius 3 is 1.37 bits per heavy atom. The summed E-state index contributed by atoms with van der Waals surface area (Å²) in [4.78, 5) is 59.3. The van der Waals surface area contributed by atoms with Gasteiger partial charge in [-0.1, -0.05) is 10.2 Å². The zero-order chi connectivity index (χ0) is 35.6. The molecule has 0 atom stereocenters. The third-order valence-electron chi connectivity index (χ3n) is 6.13. The Hall–Kier alpha value is -3.62. The Morgan fingerprint density at radius 2 is 0.939 bits per heavy atom. The average Bonchev–Trinajstić information content (AvgIpc) is 3.41. The van der Waals surface area contributed by atoms with E-state index in [1.807, 2.05) is 0 Å². The first-order valence-corrected chi connectivity index (χ1v) is 16.0. The second kappa shape index (κ2) is 31.6. The molecule has 21 heteroatoms. The zero-order valence-electron chi connectivity index (χ0n) is 27.9. The minimum absolute atomic E-state index is 0.0144. The summed E-state index contributed by atoms with van der Waals surface area (Å²) in [5.74, 6) is -1.99. The number of rotatable bonds is 34. The minimum Gasteiger partial charge on any atom is -0.379 e. The van der Waals surface area contributed by atoms with Crippen molar-refractivity contribution < 1.29 is 61.9 Å². The standard InChI is InChI=1S/C28H48N8O13/c29-33-31-5-11-43-17-21-47-23-19-45-13-7-35(8-14-46-20-24-48-22-18-44-12-6-32-34-30)25(37)3-9-41-15-16-42-10-4-28(40)49-36-26(38)1-2-27(36)39/h1-24H2. The van der Waals surface area contributed by atoms with Gasteiger partial charge in [0.15, 0.2) is 0 Å². The summed E-state index contributed by atoms with van der Waals surface area (Å²) < 4.78 is 43.4. The van der Waals surface area contributed by atoms with Crippen LogP contribution in [0.3, 0.4) is 0 Å². The molecule has 0 aromatic rings. The monoisotopic (exact) mass is 704 g/mol. The molecule has 0 spiro atoms. The van der Waals surface area contributed by atoms with Crippen molar-refractivity contribution in [1.82, 2.24) is 9.96 Å². The summed E-state index contributed by atoms with van der Waals surface area (Å²) in [7, 11) is 0. The number of ether oxygens (including phenoxy) is 8. The third-order valence-corrected chi connectivity index (χ3v) is 6.13. The van der Waals surface area contributed by atoms with Crippen LogP contribution >= 0.6 is 0 Å². The molecule has 0 aromatic heterocycles. The van der Waals surface area contributed by atoms with Gasteiger partial charge in [-0.3, -0.25) is 14.4 Å². The van der Waals surface area contributed by atoms with Crippen molar-refractivity contribution in [3.8, 4) is 0 Å². The SMILES string of the molecule is [N-]=[N+]=NCCOCCOCCOCCN(CCOCCOCCOCCN=[N+]=[N-])C(=O)CCOCCOCCC(=O)ON1C(=O)CCC1=O. The lowest BCUT2D eigenvalue weighted by Gasteiger charge is -2.23. The lowest BCUT2D eigenvalue weighted by Crippen LogP contribution is -2.37. The largest absolute Gasteiger partial charge is 0.379 e. The van der Waals surface area contributed by atoms with Crippen LogP contribution in [0.15, 0.2) is 10.2 Å². The van der Waals surface area contributed by atoms with Gasteiger partial charge in [0.2, 0.25) is 5.91 Å². The molecule has 278 valence electrons. The smallest absolute Gasteiger partial charge is 0.335 e. The van der Waals surface area contributed by atoms with Gasteiger partial charge in [-0.05, 0) is 11.1 Å². The highest BCUT2D eigenvalue weighted by molar-refractivity contribution is 6.01. The van der Waals surface area contributed by atoms with Crippen LogP contribution in [-0.2, 0) is 61.9 Å². The first-order valence-electron chi connectivity index (χ1n) is 16.0. The van der Waals surface area contributed by atoms with E-state index in [0.29, 0.717) is 84.2 Å². The Kier molecular flexibility index (Phi) is 28.0. The lowest BCUT2D eigenvalue weighted by atomic mass is 10.3. The molecule has 49 heavy (non-hydrogen) atoms. The van der Waals surface area contributed by atoms with E-state index in [4.69, 9.17) is 53.8 Å². The molecule has 0 N–H and O–H groups in total. The first kappa shape index (κ1) is 43.4. The van der Waals surface area contributed by atoms with Gasteiger partial charge in [0, 0.05) is 48.8 Å². The molecule has 0 aliphatic carbocycles. The van der Waals surface area contributed by atoms with Gasteiger partial charge in [-0.2, -0.15) is 0 Å². The summed E-state index contributed by atoms with van der Waals surface area (Å²) in [6.07, 6.45) is 0.0233. The van der Waals surface area contributed by atoms with Crippen molar-refractivity contribution in [3.63, 3.8) is 0 Å². The average molecular weight is 705 g/mol. The van der Waals surface area contributed by atoms with E-state index < -0.39 is 17.8 Å². The fourth-order valence-corrected chi connectivity index (χ4v) is 3.70. The number of carbonyl (C=O) groups is 4. The number of imide groups is 1. The van der Waals surface area contributed by atoms with Crippen molar-refractivity contribution in [1.29, 1.82) is 0 Å². The molecule has 0 bridgehead atoms. The molecule has 1 fully saturated rings. The summed E-state index contributed by atoms with van der Waals surface area (Å²) in [5, 5.41) is 7.23. The molecule has 0 unspecified atom stereocenters. The highest BCUT2D eigenvalue weighted by Gasteiger charge is 2.32. The zero-order valence-corrected chi connectivity index (χ0v) is 27.9. The van der Waals surface area contributed by atoms with Crippen molar-refractivity contribution in [2.45, 2.75) is 25.7 Å². The van der Waals surface area contributed by atoms with Gasteiger partial charge in [0.1, 0.15) is 0 Å². The number of amides is 3. The van der Waals surface area contributed by atoms with Crippen molar-refractivity contribution in [2.75, 3.05) is 132 Å². The van der Waals surface area contributed by atoms with Crippen LogP contribution in [-0.4, -0.2) is 166 Å². The van der Waals surface area contributed by atoms with Crippen LogP contribution < -0.4 is 0 Å². The second-order valence-corrected chi connectivity index (χ2v) is 9.73. The van der Waals surface area contributed by atoms with E-state index in [2.05, 4.69) is 20.1 Å². The van der Waals surface area contributed by atoms with Gasteiger partial charge in [0.25, 0.3) is 11.8 Å². The summed E-state index contributed by atoms with van der Waals surface area (Å²) in [5.41, 5.74) is 16.4. The van der Waals surface area contributed by atoms with E-state index >= 15 is 0 Å². The molecule has 1 aliphatic rings. The highest BCUT2D eigenvalue weighted by atomic mass is 16.7. The van der Waals surface area contributed by atoms with Gasteiger partial charge in [0.05, 0.1) is 119 Å². The van der Waals surface area contributed by atoms with Crippen LogP contribution in [0.2, 0.25) is 0 Å². The number of hydrogen-bond acceptors (Lipinski definition) is 15. The summed E-state index contributed by atoms with van der Waals surface area (Å²) in [6, 6.07) is 0. The normalized spacial score (nSPS) is 12.5. The first-order chi connectivity index (χ1) is 24.0. The number of nitrogens with zero attached hydrogens (tertiary/aromatic N) is 8. The molecule has 1 saturated heterocycles. The van der Waals surface area contributed by atoms with Crippen LogP contribution in [0, 0.1) is 0 Å². The fourth-order valence-electron chi connectivity index (χ4n) is 3.70. The Morgan fingerprint density at radius 1 is 0.571 bits per heavy atom. The number of hydroxylamine groups is 2. The molecule has 1 aliphatic heterocycles. The molecule has 21 nitrogen and oxygen atoms in total. The van der Waals surface area contributed by atoms with Crippen molar-refractivity contribution >= 4 is 23.7 Å². The van der Waals surface area contributed by atoms with E-state index in [1.54, 1.807) is 4.90 Å². The minimum atomic E-state index is -0.752. The van der Waals surface area contributed by atoms with E-state index in [1.165, 1.54) is 0 Å². The van der Waals surface area contributed by atoms with Gasteiger partial charge in [-0.15, -0.1) is 5.06 Å². The number of azide groups is 2. The quantitative estimate of drug-likeness (QED) is 0.0298. The fraction of sp³-hybridized carbons (Fsp3) is 0.857. The van der Waals surface area contributed by atoms with Gasteiger partial charge in [-0.25, -0.2) is 4.79 Å². The van der Waals surface area contributed by atoms with Crippen molar-refractivity contribution in [2.24, 2.45) is 10.2 Å². The van der Waals surface area contributed by atoms with Gasteiger partial charge < -0.3 is 47.6 Å². The third kappa shape index (κ3) is 25.1. The van der Waals surface area contributed by atoms with Crippen LogP contribution in [0.4, 0.5) is 0 Å². The van der Waals surface area contributed by atoms with Crippen LogP contribution in [0.25, 0.3) is 20.9 Å². The van der Waals surface area contributed by atoms with E-state index in [9.17, 15) is 19.2 Å². The predicted octanol–water partition coefficient (Wildman–Crippen LogP) is 0.956. The maximum atomic E-state index is 12.9. The van der Waals surface area contributed by atoms with Crippen molar-refractivity contribution in [3.05, 3.63) is 20.9 Å². The van der Waals surface area contributed by atoms with E-state index in [-0.39, 0.29) is 84.3 Å². The maximum Gasteiger partial charge on any atom is 0.335 e. The highest BCUT2D eigenvalue weighted by Crippen LogP contribution is 2.12. The lowest BCUT2D eigenvalue weighted by molar-refractivity contribution is -0.198. The summed E-state index contributed by atoms with van der Waals surface area (Å²) in [6.45, 7) is 5.81. The second-order valence-electron chi connectivity index (χ2n) is 9.73. The Labute approximate surface area is 284 Å². The number of hydrogen-bond donors (Lipinski definition) is 0. The van der Waals surface area contributed by atoms with Crippen LogP contribution in [0.5, 0.6) is 0 Å². The Bertz CT molecular complexity index is 972. The topological polar surface area (TPSA) is 255 Å². The molecule has 0 aromatic carbocycles. The molecular formula is C28H48N8O13. The van der Waals surface area contributed by atoms with Gasteiger partial charge >= 0.3 is 5.97 Å². The summed E-state index contributed by atoms with van der Waals surface area (Å²) >= 11 is 0. The van der Waals surface area contributed by atoms with E-state index in [0.717, 1.165) is 0 Å². The predicted molar refractivity (Wildman–Crippen MR) is 168 cm³/mol. The molecule has 3 amide bonds. The molecule has 0 saturated carbocycles. The number of carbonyl (C=O) groups excluding carboxylic acids is 4.